The Kier molecular flexibility index (Phi) is 3.69. The molecule has 1 aliphatic rings. The van der Waals surface area contributed by atoms with Gasteiger partial charge < -0.3 is 20.2 Å². The number of anilines is 1. The summed E-state index contributed by atoms with van der Waals surface area (Å²) in [5, 5.41) is 15.7. The molecule has 0 radical (unpaired) electrons. The van der Waals surface area contributed by atoms with Crippen LogP contribution in [0.5, 0.6) is 0 Å². The van der Waals surface area contributed by atoms with Crippen LogP contribution in [0.2, 0.25) is 0 Å². The standard InChI is InChI=1S/C19H19N3O3/c1-12-20-16-10-14(6-7-17(16)25-12)21-18(24)22-19(11-23)9-8-13-4-2-3-5-15(13)19/h2-7,10,23H,8-9,11H2,1H3,(H2,21,22,24). The van der Waals surface area contributed by atoms with Gasteiger partial charge in [-0.15, -0.1) is 0 Å². The Morgan fingerprint density at radius 1 is 1.32 bits per heavy atom. The zero-order valence-electron chi connectivity index (χ0n) is 13.9. The summed E-state index contributed by atoms with van der Waals surface area (Å²) in [4.78, 5) is 16.8. The largest absolute Gasteiger partial charge is 0.441 e. The lowest BCUT2D eigenvalue weighted by Gasteiger charge is -2.29. The van der Waals surface area contributed by atoms with Crippen LogP contribution in [0, 0.1) is 6.92 Å². The number of fused-ring (bicyclic) bond motifs is 2. The quantitative estimate of drug-likeness (QED) is 0.685. The van der Waals surface area contributed by atoms with Crippen molar-refractivity contribution in [3.63, 3.8) is 0 Å². The number of nitrogens with zero attached hydrogens (tertiary/aromatic N) is 1. The van der Waals surface area contributed by atoms with E-state index in [2.05, 4.69) is 15.6 Å². The number of nitrogens with one attached hydrogen (secondary N) is 2. The molecule has 6 nitrogen and oxygen atoms in total. The molecule has 0 saturated heterocycles. The number of carbonyl (C=O) groups is 1. The molecule has 1 unspecified atom stereocenters. The lowest BCUT2D eigenvalue weighted by atomic mass is 9.93. The van der Waals surface area contributed by atoms with Gasteiger partial charge >= 0.3 is 6.03 Å². The molecule has 1 aliphatic carbocycles. The molecular weight excluding hydrogens is 318 g/mol. The minimum Gasteiger partial charge on any atom is -0.441 e. The third-order valence-corrected chi connectivity index (χ3v) is 4.73. The molecule has 6 heteroatoms. The number of hydrogen-bond donors (Lipinski definition) is 3. The zero-order valence-corrected chi connectivity index (χ0v) is 13.9. The van der Waals surface area contributed by atoms with E-state index in [9.17, 15) is 9.90 Å². The van der Waals surface area contributed by atoms with Gasteiger partial charge in [-0.2, -0.15) is 0 Å². The molecule has 128 valence electrons. The second kappa shape index (κ2) is 5.89. The monoisotopic (exact) mass is 337 g/mol. The van der Waals surface area contributed by atoms with Crippen LogP contribution in [0.25, 0.3) is 11.1 Å². The van der Waals surface area contributed by atoms with Gasteiger partial charge in [-0.25, -0.2) is 9.78 Å². The Hall–Kier alpha value is -2.86. The number of hydrogen-bond acceptors (Lipinski definition) is 4. The number of benzene rings is 2. The van der Waals surface area contributed by atoms with Crippen molar-refractivity contribution in [2.45, 2.75) is 25.3 Å². The lowest BCUT2D eigenvalue weighted by Crippen LogP contribution is -2.48. The number of aliphatic hydroxyl groups excluding tert-OH is 1. The maximum absolute atomic E-state index is 12.5. The number of aryl methyl sites for hydroxylation is 2. The van der Waals surface area contributed by atoms with E-state index in [0.717, 1.165) is 17.5 Å². The van der Waals surface area contributed by atoms with Crippen molar-refractivity contribution in [1.29, 1.82) is 0 Å². The van der Waals surface area contributed by atoms with Gasteiger partial charge in [0, 0.05) is 12.6 Å². The summed E-state index contributed by atoms with van der Waals surface area (Å²) in [6.07, 6.45) is 1.51. The van der Waals surface area contributed by atoms with Crippen molar-refractivity contribution >= 4 is 22.8 Å². The van der Waals surface area contributed by atoms with Crippen molar-refractivity contribution < 1.29 is 14.3 Å². The maximum atomic E-state index is 12.5. The van der Waals surface area contributed by atoms with Crippen LogP contribution in [0.15, 0.2) is 46.9 Å². The topological polar surface area (TPSA) is 87.4 Å². The first-order valence-electron chi connectivity index (χ1n) is 8.25. The van der Waals surface area contributed by atoms with E-state index in [1.165, 1.54) is 0 Å². The average Bonchev–Trinajstić information content (AvgIpc) is 3.15. The van der Waals surface area contributed by atoms with Gasteiger partial charge in [-0.05, 0) is 42.2 Å². The molecule has 4 rings (SSSR count). The molecule has 0 aliphatic heterocycles. The fourth-order valence-corrected chi connectivity index (χ4v) is 3.52. The molecule has 2 amide bonds. The van der Waals surface area contributed by atoms with Crippen molar-refractivity contribution in [3.05, 3.63) is 59.5 Å². The van der Waals surface area contributed by atoms with Gasteiger partial charge in [0.15, 0.2) is 11.5 Å². The molecule has 0 saturated carbocycles. The highest BCUT2D eigenvalue weighted by Gasteiger charge is 2.39. The van der Waals surface area contributed by atoms with Gasteiger partial charge in [0.1, 0.15) is 5.52 Å². The SMILES string of the molecule is Cc1nc2cc(NC(=O)NC3(CO)CCc4ccccc43)ccc2o1. The number of aliphatic hydroxyl groups is 1. The number of rotatable bonds is 3. The first-order valence-corrected chi connectivity index (χ1v) is 8.25. The predicted octanol–water partition coefficient (Wildman–Crippen LogP) is 3.09. The Labute approximate surface area is 144 Å². The van der Waals surface area contributed by atoms with Gasteiger partial charge in [0.25, 0.3) is 0 Å². The third kappa shape index (κ3) is 2.74. The Morgan fingerprint density at radius 2 is 2.16 bits per heavy atom. The van der Waals surface area contributed by atoms with E-state index in [-0.39, 0.29) is 12.6 Å². The van der Waals surface area contributed by atoms with Gasteiger partial charge in [0.05, 0.1) is 12.1 Å². The van der Waals surface area contributed by atoms with E-state index in [1.807, 2.05) is 24.3 Å². The van der Waals surface area contributed by atoms with Crippen LogP contribution < -0.4 is 10.6 Å². The summed E-state index contributed by atoms with van der Waals surface area (Å²) in [7, 11) is 0. The highest BCUT2D eigenvalue weighted by Crippen LogP contribution is 2.36. The first kappa shape index (κ1) is 15.7. The molecule has 0 spiro atoms. The summed E-state index contributed by atoms with van der Waals surface area (Å²) >= 11 is 0. The van der Waals surface area contributed by atoms with Crippen LogP contribution in [0.1, 0.15) is 23.4 Å². The molecule has 25 heavy (non-hydrogen) atoms. The van der Waals surface area contributed by atoms with Crippen molar-refractivity contribution in [2.75, 3.05) is 11.9 Å². The summed E-state index contributed by atoms with van der Waals surface area (Å²) in [5.41, 5.74) is 3.40. The molecule has 1 atom stereocenters. The van der Waals surface area contributed by atoms with Crippen molar-refractivity contribution in [3.8, 4) is 0 Å². The lowest BCUT2D eigenvalue weighted by molar-refractivity contribution is 0.164. The van der Waals surface area contributed by atoms with Crippen molar-refractivity contribution in [2.24, 2.45) is 0 Å². The molecule has 1 heterocycles. The highest BCUT2D eigenvalue weighted by atomic mass is 16.3. The van der Waals surface area contributed by atoms with E-state index in [4.69, 9.17) is 4.42 Å². The highest BCUT2D eigenvalue weighted by molar-refractivity contribution is 5.92. The van der Waals surface area contributed by atoms with Crippen LogP contribution in [0.3, 0.4) is 0 Å². The molecule has 2 aromatic carbocycles. The zero-order chi connectivity index (χ0) is 17.4. The molecule has 1 aromatic heterocycles. The Bertz CT molecular complexity index is 950. The number of carbonyl (C=O) groups excluding carboxylic acids is 1. The minimum atomic E-state index is -0.741. The third-order valence-electron chi connectivity index (χ3n) is 4.73. The maximum Gasteiger partial charge on any atom is 0.320 e. The number of oxazole rings is 1. The summed E-state index contributed by atoms with van der Waals surface area (Å²) < 4.78 is 5.44. The van der Waals surface area contributed by atoms with Gasteiger partial charge in [-0.1, -0.05) is 24.3 Å². The van der Waals surface area contributed by atoms with E-state index < -0.39 is 5.54 Å². The second-order valence-electron chi connectivity index (χ2n) is 6.39. The summed E-state index contributed by atoms with van der Waals surface area (Å²) in [5.74, 6) is 0.582. The van der Waals surface area contributed by atoms with Crippen LogP contribution in [0.4, 0.5) is 10.5 Å². The Morgan fingerprint density at radius 3 is 3.00 bits per heavy atom. The predicted molar refractivity (Wildman–Crippen MR) is 94.4 cm³/mol. The minimum absolute atomic E-state index is 0.140. The first-order chi connectivity index (χ1) is 12.1. The van der Waals surface area contributed by atoms with E-state index in [1.54, 1.807) is 25.1 Å². The summed E-state index contributed by atoms with van der Waals surface area (Å²) in [6.45, 7) is 1.64. The molecule has 0 fully saturated rings. The van der Waals surface area contributed by atoms with Crippen LogP contribution in [-0.2, 0) is 12.0 Å². The normalized spacial score (nSPS) is 19.0. The average molecular weight is 337 g/mol. The van der Waals surface area contributed by atoms with E-state index in [0.29, 0.717) is 29.1 Å². The molecule has 3 N–H and O–H groups in total. The fraction of sp³-hybridized carbons (Fsp3) is 0.263. The Balaban J connectivity index is 1.54. The van der Waals surface area contributed by atoms with Crippen molar-refractivity contribution in [1.82, 2.24) is 10.3 Å². The molecule has 0 bridgehead atoms. The summed E-state index contributed by atoms with van der Waals surface area (Å²) in [6, 6.07) is 12.8. The van der Waals surface area contributed by atoms with Gasteiger partial charge in [0.2, 0.25) is 0 Å². The second-order valence-corrected chi connectivity index (χ2v) is 6.39. The smallest absolute Gasteiger partial charge is 0.320 e. The van der Waals surface area contributed by atoms with Crippen LogP contribution >= 0.6 is 0 Å². The van der Waals surface area contributed by atoms with E-state index >= 15 is 0 Å². The van der Waals surface area contributed by atoms with Crippen LogP contribution in [-0.4, -0.2) is 22.7 Å². The van der Waals surface area contributed by atoms with Gasteiger partial charge in [-0.3, -0.25) is 0 Å². The number of aromatic nitrogens is 1. The molecule has 3 aromatic rings. The number of amides is 2. The fourth-order valence-electron chi connectivity index (χ4n) is 3.52. The number of urea groups is 1. The molecular formula is C19H19N3O3.